The van der Waals surface area contributed by atoms with Crippen molar-refractivity contribution in [2.24, 2.45) is 30.7 Å². The molecule has 7 atom stereocenters. The van der Waals surface area contributed by atoms with Crippen LogP contribution in [0.25, 0.3) is 6.08 Å². The van der Waals surface area contributed by atoms with Gasteiger partial charge in [-0.2, -0.15) is 0 Å². The third kappa shape index (κ3) is 5.21. The average molecular weight is 513 g/mol. The zero-order chi connectivity index (χ0) is 27.1. The van der Waals surface area contributed by atoms with Crippen molar-refractivity contribution in [1.82, 2.24) is 9.55 Å². The number of rotatable bonds is 5. The summed E-state index contributed by atoms with van der Waals surface area (Å²) in [6, 6.07) is 0. The maximum absolute atomic E-state index is 12.9. The van der Waals surface area contributed by atoms with Crippen molar-refractivity contribution in [1.29, 1.82) is 0 Å². The first-order chi connectivity index (χ1) is 17.4. The summed E-state index contributed by atoms with van der Waals surface area (Å²) >= 11 is 0. The Morgan fingerprint density at radius 3 is 2.65 bits per heavy atom. The van der Waals surface area contributed by atoms with Crippen molar-refractivity contribution < 1.29 is 34.0 Å². The van der Waals surface area contributed by atoms with Crippen LogP contribution in [0.1, 0.15) is 39.8 Å². The maximum Gasteiger partial charge on any atom is 0.339 e. The van der Waals surface area contributed by atoms with Gasteiger partial charge in [0.05, 0.1) is 30.8 Å². The van der Waals surface area contributed by atoms with E-state index in [1.54, 1.807) is 42.2 Å². The smallest absolute Gasteiger partial charge is 0.339 e. The van der Waals surface area contributed by atoms with Gasteiger partial charge < -0.3 is 29.0 Å². The van der Waals surface area contributed by atoms with E-state index in [4.69, 9.17) is 14.2 Å². The molecule has 2 bridgehead atoms. The van der Waals surface area contributed by atoms with Crippen molar-refractivity contribution in [3.63, 3.8) is 0 Å². The van der Waals surface area contributed by atoms with Crippen LogP contribution in [-0.2, 0) is 30.8 Å². The van der Waals surface area contributed by atoms with Gasteiger partial charge in [-0.3, -0.25) is 0 Å². The number of imidazole rings is 1. The number of ether oxygens (including phenoxy) is 3. The first kappa shape index (κ1) is 27.0. The van der Waals surface area contributed by atoms with E-state index in [-0.39, 0.29) is 29.2 Å². The fourth-order valence-corrected chi connectivity index (χ4v) is 5.83. The van der Waals surface area contributed by atoms with Gasteiger partial charge in [0.25, 0.3) is 0 Å². The molecular formula is C28H36N2O7. The highest BCUT2D eigenvalue weighted by Crippen LogP contribution is 2.49. The van der Waals surface area contributed by atoms with E-state index < -0.39 is 35.5 Å². The Bertz CT molecular complexity index is 1180. The number of allylic oxidation sites excluding steroid dienone is 2. The van der Waals surface area contributed by atoms with E-state index in [0.717, 1.165) is 5.57 Å². The third-order valence-electron chi connectivity index (χ3n) is 7.74. The standard InChI is InChI=1S/C28H36N2O7/c1-16(2)25-20-12-21(26(33)35-6)28(34)10-9-27(4,37-28)23(13-19(20)17(3)11-22(25)31)36-24(32)8-7-18-14-30(5)15-29-18/h7-12,14-16,19-20,22-23,25,31,34H,13H2,1-6H3/b8-7-,21-12-/t19?,20?,22?,23?,25?,27-,28+/m0/s1. The fourth-order valence-electron chi connectivity index (χ4n) is 5.83. The highest BCUT2D eigenvalue weighted by atomic mass is 16.7. The number of esters is 2. The predicted octanol–water partition coefficient (Wildman–Crippen LogP) is 2.71. The van der Waals surface area contributed by atoms with Crippen LogP contribution < -0.4 is 0 Å². The molecule has 0 aromatic carbocycles. The van der Waals surface area contributed by atoms with Crippen molar-refractivity contribution in [3.05, 3.63) is 59.7 Å². The van der Waals surface area contributed by atoms with Crippen LogP contribution >= 0.6 is 0 Å². The quantitative estimate of drug-likeness (QED) is 0.351. The number of methoxy groups -OCH3 is 1. The molecule has 3 heterocycles. The van der Waals surface area contributed by atoms with Gasteiger partial charge >= 0.3 is 11.9 Å². The lowest BCUT2D eigenvalue weighted by Gasteiger charge is -2.43. The summed E-state index contributed by atoms with van der Waals surface area (Å²) in [7, 11) is 3.08. The SMILES string of the molecule is COC(=O)/C1=C/C2C(CC(OC(=O)/C=C\c3cn(C)cn3)[C@]3(C)C=C[C@@]1(O)O3)C(C)=CC(O)C2C(C)C. The monoisotopic (exact) mass is 512 g/mol. The van der Waals surface area contributed by atoms with Gasteiger partial charge in [0.15, 0.2) is 0 Å². The molecule has 5 unspecified atom stereocenters. The van der Waals surface area contributed by atoms with Crippen molar-refractivity contribution in [3.8, 4) is 0 Å². The topological polar surface area (TPSA) is 120 Å². The summed E-state index contributed by atoms with van der Waals surface area (Å²) in [6.45, 7) is 7.66. The Balaban J connectivity index is 1.76. The molecule has 9 heteroatoms. The van der Waals surface area contributed by atoms with E-state index in [9.17, 15) is 19.8 Å². The number of hydrogen-bond acceptors (Lipinski definition) is 8. The number of aliphatic hydroxyl groups excluding tert-OH is 1. The van der Waals surface area contributed by atoms with Gasteiger partial charge in [-0.1, -0.05) is 31.6 Å². The summed E-state index contributed by atoms with van der Waals surface area (Å²) in [5.41, 5.74) is 0.240. The second kappa shape index (κ2) is 10.0. The van der Waals surface area contributed by atoms with Crippen LogP contribution in [0, 0.1) is 23.7 Å². The van der Waals surface area contributed by atoms with Crippen LogP contribution in [0.4, 0.5) is 0 Å². The van der Waals surface area contributed by atoms with E-state index >= 15 is 0 Å². The summed E-state index contributed by atoms with van der Waals surface area (Å²) in [5, 5.41) is 22.5. The van der Waals surface area contributed by atoms with E-state index in [0.29, 0.717) is 12.1 Å². The first-order valence-corrected chi connectivity index (χ1v) is 12.5. The minimum absolute atomic E-state index is 0.0560. The summed E-state index contributed by atoms with van der Waals surface area (Å²) < 4.78 is 18.8. The van der Waals surface area contributed by atoms with Crippen molar-refractivity contribution in [2.75, 3.05) is 7.11 Å². The van der Waals surface area contributed by atoms with Crippen LogP contribution in [-0.4, -0.2) is 62.4 Å². The molecule has 1 aromatic heterocycles. The molecule has 9 nitrogen and oxygen atoms in total. The Morgan fingerprint density at radius 2 is 2.03 bits per heavy atom. The van der Waals surface area contributed by atoms with E-state index in [1.807, 2.05) is 33.9 Å². The second-order valence-electron chi connectivity index (χ2n) is 10.8. The van der Waals surface area contributed by atoms with Gasteiger partial charge in [0.2, 0.25) is 5.79 Å². The maximum atomic E-state index is 12.9. The highest BCUT2D eigenvalue weighted by Gasteiger charge is 2.54. The second-order valence-corrected chi connectivity index (χ2v) is 10.8. The Morgan fingerprint density at radius 1 is 1.30 bits per heavy atom. The van der Waals surface area contributed by atoms with Gasteiger partial charge in [0, 0.05) is 19.3 Å². The number of aromatic nitrogens is 2. The van der Waals surface area contributed by atoms with Crippen LogP contribution in [0.3, 0.4) is 0 Å². The Kier molecular flexibility index (Phi) is 7.34. The molecule has 2 aliphatic heterocycles. The summed E-state index contributed by atoms with van der Waals surface area (Å²) in [6.07, 6.45) is 11.6. The molecule has 1 aliphatic carbocycles. The summed E-state index contributed by atoms with van der Waals surface area (Å²) in [5.74, 6) is -4.11. The molecule has 0 fully saturated rings. The van der Waals surface area contributed by atoms with Crippen LogP contribution in [0.5, 0.6) is 0 Å². The number of aryl methyl sites for hydroxylation is 1. The lowest BCUT2D eigenvalue weighted by atomic mass is 9.64. The number of fused-ring (bicyclic) bond motifs is 3. The molecule has 37 heavy (non-hydrogen) atoms. The molecule has 0 radical (unpaired) electrons. The largest absolute Gasteiger partial charge is 0.466 e. The Hall–Kier alpha value is -3.01. The summed E-state index contributed by atoms with van der Waals surface area (Å²) in [4.78, 5) is 30.0. The third-order valence-corrected chi connectivity index (χ3v) is 7.74. The molecule has 4 rings (SSSR count). The molecule has 0 saturated heterocycles. The normalized spacial score (nSPS) is 36.7. The number of aliphatic hydroxyl groups is 2. The molecule has 0 spiro atoms. The zero-order valence-electron chi connectivity index (χ0n) is 22.1. The van der Waals surface area contributed by atoms with Gasteiger partial charge in [-0.05, 0) is 62.2 Å². The van der Waals surface area contributed by atoms with Crippen molar-refractivity contribution >= 4 is 18.0 Å². The fraction of sp³-hybridized carbons (Fsp3) is 0.536. The molecule has 200 valence electrons. The lowest BCUT2D eigenvalue weighted by molar-refractivity contribution is -0.216. The van der Waals surface area contributed by atoms with E-state index in [1.165, 1.54) is 19.3 Å². The van der Waals surface area contributed by atoms with Crippen LogP contribution in [0.15, 0.2) is 54.1 Å². The zero-order valence-corrected chi connectivity index (χ0v) is 22.1. The number of hydrogen-bond donors (Lipinski definition) is 2. The lowest BCUT2D eigenvalue weighted by Crippen LogP contribution is -2.47. The number of nitrogens with zero attached hydrogens (tertiary/aromatic N) is 2. The number of carbonyl (C=O) groups is 2. The molecule has 0 amide bonds. The highest BCUT2D eigenvalue weighted by molar-refractivity contribution is 5.91. The van der Waals surface area contributed by atoms with Crippen molar-refractivity contribution in [2.45, 2.75) is 57.7 Å². The Labute approximate surface area is 217 Å². The van der Waals surface area contributed by atoms with Gasteiger partial charge in [-0.25, -0.2) is 14.6 Å². The molecule has 3 aliphatic rings. The molecular weight excluding hydrogens is 476 g/mol. The van der Waals surface area contributed by atoms with E-state index in [2.05, 4.69) is 4.98 Å². The average Bonchev–Trinajstić information content (AvgIpc) is 3.39. The predicted molar refractivity (Wildman–Crippen MR) is 135 cm³/mol. The van der Waals surface area contributed by atoms with Gasteiger partial charge in [-0.15, -0.1) is 0 Å². The molecule has 2 N–H and O–H groups in total. The minimum atomic E-state index is -2.08. The van der Waals surface area contributed by atoms with Gasteiger partial charge in [0.1, 0.15) is 11.7 Å². The number of carbonyl (C=O) groups excluding carboxylic acids is 2. The van der Waals surface area contributed by atoms with Crippen LogP contribution in [0.2, 0.25) is 0 Å². The first-order valence-electron chi connectivity index (χ1n) is 12.5. The molecule has 1 aromatic rings. The molecule has 0 saturated carbocycles. The minimum Gasteiger partial charge on any atom is -0.466 e.